The highest BCUT2D eigenvalue weighted by atomic mass is 32.1. The molecule has 0 radical (unpaired) electrons. The number of nitrogens with zero attached hydrogens (tertiary/aromatic N) is 2. The van der Waals surface area contributed by atoms with Crippen molar-refractivity contribution in [1.29, 1.82) is 0 Å². The Labute approximate surface area is 185 Å². The van der Waals surface area contributed by atoms with Gasteiger partial charge in [0.15, 0.2) is 5.76 Å². The molecule has 2 aromatic heterocycles. The van der Waals surface area contributed by atoms with Crippen molar-refractivity contribution in [1.82, 2.24) is 9.88 Å². The van der Waals surface area contributed by atoms with Gasteiger partial charge in [0.2, 0.25) is 5.78 Å². The predicted octanol–water partition coefficient (Wildman–Crippen LogP) is 5.22. The molecule has 3 aromatic rings. The third-order valence-corrected chi connectivity index (χ3v) is 6.33. The molecule has 31 heavy (non-hydrogen) atoms. The number of thiophene rings is 1. The van der Waals surface area contributed by atoms with Gasteiger partial charge in [0.1, 0.15) is 0 Å². The number of hydrogen-bond donors (Lipinski definition) is 1. The van der Waals surface area contributed by atoms with Crippen LogP contribution < -0.4 is 0 Å². The van der Waals surface area contributed by atoms with Crippen LogP contribution in [0.4, 0.5) is 0 Å². The summed E-state index contributed by atoms with van der Waals surface area (Å²) in [5.41, 5.74) is 2.87. The molecule has 1 aliphatic rings. The Bertz CT molecular complexity index is 1130. The SMILES string of the molecule is CC(C)(C)c1ccc([C@H]2C(C(=O)c3cccs3)=C(O)C(=O)N2Cc2cccnc2)cc1. The van der Waals surface area contributed by atoms with Gasteiger partial charge < -0.3 is 10.0 Å². The molecule has 0 saturated heterocycles. The van der Waals surface area contributed by atoms with Crippen LogP contribution in [-0.2, 0) is 16.8 Å². The van der Waals surface area contributed by atoms with Gasteiger partial charge in [-0.1, -0.05) is 57.2 Å². The third-order valence-electron chi connectivity index (χ3n) is 5.46. The fourth-order valence-electron chi connectivity index (χ4n) is 3.79. The highest BCUT2D eigenvalue weighted by Crippen LogP contribution is 2.40. The molecule has 6 heteroatoms. The molecule has 0 spiro atoms. The molecule has 1 atom stereocenters. The van der Waals surface area contributed by atoms with E-state index in [0.717, 1.165) is 16.7 Å². The van der Waals surface area contributed by atoms with Gasteiger partial charge in [0.05, 0.1) is 16.5 Å². The Hall–Kier alpha value is -3.25. The number of hydrogen-bond acceptors (Lipinski definition) is 5. The molecule has 0 bridgehead atoms. The number of aromatic nitrogens is 1. The molecule has 0 unspecified atom stereocenters. The van der Waals surface area contributed by atoms with E-state index >= 15 is 0 Å². The minimum absolute atomic E-state index is 0.0208. The number of aliphatic hydroxyl groups excluding tert-OH is 1. The Morgan fingerprint density at radius 2 is 1.87 bits per heavy atom. The standard InChI is InChI=1S/C25H24N2O3S/c1-25(2,3)18-10-8-17(9-11-18)21-20(22(28)19-7-5-13-31-19)23(29)24(30)27(21)15-16-6-4-12-26-14-16/h4-14,21,29H,15H2,1-3H3/t21-/m0/s1. The number of carbonyl (C=O) groups excluding carboxylic acids is 2. The fraction of sp³-hybridized carbons (Fsp3) is 0.240. The van der Waals surface area contributed by atoms with Gasteiger partial charge in [-0.05, 0) is 39.6 Å². The molecule has 1 amide bonds. The maximum Gasteiger partial charge on any atom is 0.290 e. The highest BCUT2D eigenvalue weighted by Gasteiger charge is 2.44. The Kier molecular flexibility index (Phi) is 5.50. The van der Waals surface area contributed by atoms with Crippen molar-refractivity contribution >= 4 is 23.0 Å². The third kappa shape index (κ3) is 4.03. The zero-order chi connectivity index (χ0) is 22.2. The van der Waals surface area contributed by atoms with Crippen molar-refractivity contribution in [3.8, 4) is 0 Å². The van der Waals surface area contributed by atoms with Gasteiger partial charge in [-0.2, -0.15) is 0 Å². The summed E-state index contributed by atoms with van der Waals surface area (Å²) < 4.78 is 0. The van der Waals surface area contributed by atoms with E-state index < -0.39 is 17.7 Å². The van der Waals surface area contributed by atoms with Crippen LogP contribution in [0.15, 0.2) is 77.6 Å². The van der Waals surface area contributed by atoms with Gasteiger partial charge in [-0.3, -0.25) is 14.6 Å². The fourth-order valence-corrected chi connectivity index (χ4v) is 4.47. The van der Waals surface area contributed by atoms with Gasteiger partial charge in [0, 0.05) is 18.9 Å². The first kappa shape index (κ1) is 21.0. The van der Waals surface area contributed by atoms with E-state index in [2.05, 4.69) is 25.8 Å². The highest BCUT2D eigenvalue weighted by molar-refractivity contribution is 7.12. The second-order valence-corrected chi connectivity index (χ2v) is 9.59. The number of carbonyl (C=O) groups is 2. The van der Waals surface area contributed by atoms with Crippen molar-refractivity contribution in [2.24, 2.45) is 0 Å². The smallest absolute Gasteiger partial charge is 0.290 e. The first-order valence-corrected chi connectivity index (χ1v) is 11.0. The van der Waals surface area contributed by atoms with Crippen molar-refractivity contribution < 1.29 is 14.7 Å². The van der Waals surface area contributed by atoms with E-state index in [-0.39, 0.29) is 23.3 Å². The van der Waals surface area contributed by atoms with Gasteiger partial charge in [0.25, 0.3) is 5.91 Å². The van der Waals surface area contributed by atoms with Crippen molar-refractivity contribution in [3.63, 3.8) is 0 Å². The largest absolute Gasteiger partial charge is 0.503 e. The Balaban J connectivity index is 1.79. The zero-order valence-electron chi connectivity index (χ0n) is 17.7. The maximum absolute atomic E-state index is 13.3. The van der Waals surface area contributed by atoms with Gasteiger partial charge >= 0.3 is 0 Å². The van der Waals surface area contributed by atoms with Crippen molar-refractivity contribution in [2.75, 3.05) is 0 Å². The number of Topliss-reactive ketones (excluding diaryl/α,β-unsaturated/α-hetero) is 1. The second kappa shape index (κ2) is 8.12. The molecule has 5 nitrogen and oxygen atoms in total. The lowest BCUT2D eigenvalue weighted by Gasteiger charge is -2.27. The summed E-state index contributed by atoms with van der Waals surface area (Å²) in [6, 6.07) is 14.4. The first-order chi connectivity index (χ1) is 14.8. The van der Waals surface area contributed by atoms with E-state index in [4.69, 9.17) is 0 Å². The maximum atomic E-state index is 13.3. The molecule has 0 fully saturated rings. The van der Waals surface area contributed by atoms with E-state index in [1.807, 2.05) is 35.7 Å². The summed E-state index contributed by atoms with van der Waals surface area (Å²) in [6.07, 6.45) is 3.35. The van der Waals surface area contributed by atoms with Crippen LogP contribution in [0, 0.1) is 0 Å². The van der Waals surface area contributed by atoms with Crippen LogP contribution in [0.2, 0.25) is 0 Å². The zero-order valence-corrected chi connectivity index (χ0v) is 18.5. The van der Waals surface area contributed by atoms with Crippen LogP contribution in [0.5, 0.6) is 0 Å². The van der Waals surface area contributed by atoms with E-state index in [0.29, 0.717) is 4.88 Å². The lowest BCUT2D eigenvalue weighted by molar-refractivity contribution is -0.130. The number of amides is 1. The summed E-state index contributed by atoms with van der Waals surface area (Å²) in [7, 11) is 0. The lowest BCUT2D eigenvalue weighted by atomic mass is 9.85. The molecule has 4 rings (SSSR count). The van der Waals surface area contributed by atoms with Gasteiger partial charge in [-0.25, -0.2) is 0 Å². The predicted molar refractivity (Wildman–Crippen MR) is 121 cm³/mol. The monoisotopic (exact) mass is 432 g/mol. The minimum atomic E-state index is -0.670. The molecular formula is C25H24N2O3S. The number of ketones is 1. The average Bonchev–Trinajstić information content (AvgIpc) is 3.37. The molecule has 158 valence electrons. The Morgan fingerprint density at radius 1 is 1.13 bits per heavy atom. The molecule has 1 aliphatic heterocycles. The minimum Gasteiger partial charge on any atom is -0.503 e. The Morgan fingerprint density at radius 3 is 2.45 bits per heavy atom. The van der Waals surface area contributed by atoms with Crippen molar-refractivity contribution in [2.45, 2.75) is 38.8 Å². The molecule has 1 aromatic carbocycles. The summed E-state index contributed by atoms with van der Waals surface area (Å²) >= 11 is 1.29. The summed E-state index contributed by atoms with van der Waals surface area (Å²) in [4.78, 5) is 32.5. The number of benzene rings is 1. The topological polar surface area (TPSA) is 70.5 Å². The van der Waals surface area contributed by atoms with Crippen molar-refractivity contribution in [3.05, 3.63) is 99.2 Å². The average molecular weight is 433 g/mol. The number of rotatable bonds is 5. The van der Waals surface area contributed by atoms with Gasteiger partial charge in [-0.15, -0.1) is 11.3 Å². The van der Waals surface area contributed by atoms with E-state index in [1.165, 1.54) is 11.3 Å². The van der Waals surface area contributed by atoms with Crippen LogP contribution in [0.1, 0.15) is 53.2 Å². The van der Waals surface area contributed by atoms with Crippen LogP contribution >= 0.6 is 11.3 Å². The first-order valence-electron chi connectivity index (χ1n) is 10.1. The molecule has 0 saturated carbocycles. The van der Waals surface area contributed by atoms with Crippen LogP contribution in [-0.4, -0.2) is 26.7 Å². The summed E-state index contributed by atoms with van der Waals surface area (Å²) in [5.74, 6) is -1.35. The quantitative estimate of drug-likeness (QED) is 0.561. The molecule has 0 aliphatic carbocycles. The molecular weight excluding hydrogens is 408 g/mol. The second-order valence-electron chi connectivity index (χ2n) is 8.64. The summed E-state index contributed by atoms with van der Waals surface area (Å²) in [5, 5.41) is 12.6. The van der Waals surface area contributed by atoms with Crippen LogP contribution in [0.3, 0.4) is 0 Å². The summed E-state index contributed by atoms with van der Waals surface area (Å²) in [6.45, 7) is 6.64. The number of pyridine rings is 1. The van der Waals surface area contributed by atoms with E-state index in [1.54, 1.807) is 35.5 Å². The normalized spacial score (nSPS) is 16.8. The number of aliphatic hydroxyl groups is 1. The van der Waals surface area contributed by atoms with Crippen LogP contribution in [0.25, 0.3) is 0 Å². The molecule has 1 N–H and O–H groups in total. The lowest BCUT2D eigenvalue weighted by Crippen LogP contribution is -2.30. The molecule has 3 heterocycles. The van der Waals surface area contributed by atoms with E-state index in [9.17, 15) is 14.7 Å².